The Labute approximate surface area is 155 Å². The average molecular weight is 366 g/mol. The van der Waals surface area contributed by atoms with Crippen LogP contribution in [0.5, 0.6) is 5.75 Å². The Bertz CT molecular complexity index is 969. The molecule has 0 spiro atoms. The van der Waals surface area contributed by atoms with Gasteiger partial charge in [-0.3, -0.25) is 9.59 Å². The van der Waals surface area contributed by atoms with Crippen molar-refractivity contribution in [2.75, 3.05) is 19.0 Å². The van der Waals surface area contributed by atoms with Crippen LogP contribution in [0, 0.1) is 6.92 Å². The molecule has 0 fully saturated rings. The maximum atomic E-state index is 12.1. The van der Waals surface area contributed by atoms with E-state index in [0.717, 1.165) is 5.69 Å². The van der Waals surface area contributed by atoms with Gasteiger partial charge in [-0.1, -0.05) is 12.1 Å². The van der Waals surface area contributed by atoms with Gasteiger partial charge in [0.2, 0.25) is 5.91 Å². The molecule has 2 N–H and O–H groups in total. The SMILES string of the molecule is COc1cccc(C(=O)NCC(=O)Nc2cccc(-n3nnnc3C)c2)c1. The van der Waals surface area contributed by atoms with Crippen LogP contribution in [-0.4, -0.2) is 45.7 Å². The van der Waals surface area contributed by atoms with Gasteiger partial charge in [-0.2, -0.15) is 4.68 Å². The average Bonchev–Trinajstić information content (AvgIpc) is 3.12. The second-order valence-electron chi connectivity index (χ2n) is 5.65. The molecular formula is C18H18N6O3. The van der Waals surface area contributed by atoms with Gasteiger partial charge in [-0.25, -0.2) is 0 Å². The first-order chi connectivity index (χ1) is 13.1. The molecule has 3 rings (SSSR count). The van der Waals surface area contributed by atoms with Crippen LogP contribution in [0.1, 0.15) is 16.2 Å². The van der Waals surface area contributed by atoms with Crippen LogP contribution in [0.4, 0.5) is 5.69 Å². The lowest BCUT2D eigenvalue weighted by Gasteiger charge is -2.09. The van der Waals surface area contributed by atoms with Gasteiger partial charge in [0.15, 0.2) is 5.82 Å². The zero-order valence-corrected chi connectivity index (χ0v) is 14.8. The molecule has 0 saturated heterocycles. The van der Waals surface area contributed by atoms with Crippen molar-refractivity contribution in [2.24, 2.45) is 0 Å². The minimum absolute atomic E-state index is 0.163. The first kappa shape index (κ1) is 18.1. The molecular weight excluding hydrogens is 348 g/mol. The number of carbonyl (C=O) groups is 2. The number of nitrogens with zero attached hydrogens (tertiary/aromatic N) is 4. The Hall–Kier alpha value is -3.75. The summed E-state index contributed by atoms with van der Waals surface area (Å²) >= 11 is 0. The van der Waals surface area contributed by atoms with E-state index in [1.165, 1.54) is 7.11 Å². The van der Waals surface area contributed by atoms with E-state index in [0.29, 0.717) is 22.8 Å². The number of nitrogens with one attached hydrogen (secondary N) is 2. The third-order valence-corrected chi connectivity index (χ3v) is 3.74. The molecule has 27 heavy (non-hydrogen) atoms. The number of aromatic nitrogens is 4. The maximum absolute atomic E-state index is 12.1. The van der Waals surface area contributed by atoms with Crippen molar-refractivity contribution in [3.63, 3.8) is 0 Å². The topological polar surface area (TPSA) is 111 Å². The van der Waals surface area contributed by atoms with E-state index in [4.69, 9.17) is 4.74 Å². The summed E-state index contributed by atoms with van der Waals surface area (Å²) in [5.74, 6) is 0.491. The summed E-state index contributed by atoms with van der Waals surface area (Å²) < 4.78 is 6.64. The highest BCUT2D eigenvalue weighted by molar-refractivity contribution is 5.99. The summed E-state index contributed by atoms with van der Waals surface area (Å²) in [7, 11) is 1.52. The Morgan fingerprint density at radius 1 is 1.15 bits per heavy atom. The van der Waals surface area contributed by atoms with Gasteiger partial charge in [-0.05, 0) is 53.7 Å². The predicted molar refractivity (Wildman–Crippen MR) is 97.8 cm³/mol. The molecule has 1 heterocycles. The second-order valence-corrected chi connectivity index (χ2v) is 5.65. The first-order valence-electron chi connectivity index (χ1n) is 8.14. The number of benzene rings is 2. The Balaban J connectivity index is 1.59. The van der Waals surface area contributed by atoms with E-state index in [-0.39, 0.29) is 18.4 Å². The van der Waals surface area contributed by atoms with Crippen LogP contribution in [0.3, 0.4) is 0 Å². The standard InChI is InChI=1S/C18H18N6O3/c1-12-21-22-23-24(12)15-7-4-6-14(10-15)20-17(25)11-19-18(26)13-5-3-8-16(9-13)27-2/h3-10H,11H2,1-2H3,(H,19,26)(H,20,25). The van der Waals surface area contributed by atoms with Crippen molar-refractivity contribution in [3.8, 4) is 11.4 Å². The Morgan fingerprint density at radius 2 is 1.96 bits per heavy atom. The molecule has 138 valence electrons. The first-order valence-corrected chi connectivity index (χ1v) is 8.14. The number of carbonyl (C=O) groups excluding carboxylic acids is 2. The van der Waals surface area contributed by atoms with Crippen molar-refractivity contribution in [2.45, 2.75) is 6.92 Å². The molecule has 0 aliphatic heterocycles. The molecule has 9 nitrogen and oxygen atoms in total. The van der Waals surface area contributed by atoms with Gasteiger partial charge < -0.3 is 15.4 Å². The van der Waals surface area contributed by atoms with E-state index < -0.39 is 0 Å². The molecule has 0 saturated carbocycles. The molecule has 0 radical (unpaired) electrons. The molecule has 0 aliphatic carbocycles. The number of tetrazole rings is 1. The van der Waals surface area contributed by atoms with E-state index in [2.05, 4.69) is 26.2 Å². The van der Waals surface area contributed by atoms with E-state index in [1.54, 1.807) is 54.1 Å². The molecule has 2 aromatic carbocycles. The lowest BCUT2D eigenvalue weighted by Crippen LogP contribution is -2.32. The summed E-state index contributed by atoms with van der Waals surface area (Å²) in [5, 5.41) is 16.6. The zero-order valence-electron chi connectivity index (χ0n) is 14.8. The maximum Gasteiger partial charge on any atom is 0.251 e. The minimum Gasteiger partial charge on any atom is -0.497 e. The Kier molecular flexibility index (Phi) is 5.41. The van der Waals surface area contributed by atoms with Crippen molar-refractivity contribution in [1.82, 2.24) is 25.5 Å². The summed E-state index contributed by atoms with van der Waals surface area (Å²) in [6, 6.07) is 13.8. The lowest BCUT2D eigenvalue weighted by molar-refractivity contribution is -0.115. The van der Waals surface area contributed by atoms with Gasteiger partial charge in [0.25, 0.3) is 5.91 Å². The van der Waals surface area contributed by atoms with Crippen LogP contribution < -0.4 is 15.4 Å². The number of hydrogen-bond donors (Lipinski definition) is 2. The molecule has 2 amide bonds. The minimum atomic E-state index is -0.359. The van der Waals surface area contributed by atoms with Gasteiger partial charge >= 0.3 is 0 Å². The summed E-state index contributed by atoms with van der Waals surface area (Å²) in [5.41, 5.74) is 1.71. The van der Waals surface area contributed by atoms with Crippen LogP contribution in [0.2, 0.25) is 0 Å². The fraction of sp³-hybridized carbons (Fsp3) is 0.167. The van der Waals surface area contributed by atoms with Crippen molar-refractivity contribution in [3.05, 3.63) is 59.9 Å². The number of amides is 2. The second kappa shape index (κ2) is 8.09. The number of anilines is 1. The number of ether oxygens (including phenoxy) is 1. The highest BCUT2D eigenvalue weighted by Gasteiger charge is 2.10. The molecule has 1 aromatic heterocycles. The van der Waals surface area contributed by atoms with E-state index in [9.17, 15) is 9.59 Å². The normalized spacial score (nSPS) is 10.3. The third-order valence-electron chi connectivity index (χ3n) is 3.74. The molecule has 3 aromatic rings. The van der Waals surface area contributed by atoms with Crippen LogP contribution >= 0.6 is 0 Å². The molecule has 0 aliphatic rings. The highest BCUT2D eigenvalue weighted by Crippen LogP contribution is 2.15. The zero-order chi connectivity index (χ0) is 19.2. The lowest BCUT2D eigenvalue weighted by atomic mass is 10.2. The van der Waals surface area contributed by atoms with Crippen molar-refractivity contribution in [1.29, 1.82) is 0 Å². The predicted octanol–water partition coefficient (Wildman–Crippen LogP) is 1.35. The highest BCUT2D eigenvalue weighted by atomic mass is 16.5. The van der Waals surface area contributed by atoms with E-state index in [1.807, 2.05) is 6.07 Å². The number of hydrogen-bond acceptors (Lipinski definition) is 6. The molecule has 9 heteroatoms. The molecule has 0 atom stereocenters. The molecule has 0 bridgehead atoms. The van der Waals surface area contributed by atoms with Crippen LogP contribution in [-0.2, 0) is 4.79 Å². The van der Waals surface area contributed by atoms with Gasteiger partial charge in [-0.15, -0.1) is 5.10 Å². The largest absolute Gasteiger partial charge is 0.497 e. The quantitative estimate of drug-likeness (QED) is 0.681. The smallest absolute Gasteiger partial charge is 0.251 e. The van der Waals surface area contributed by atoms with Crippen molar-refractivity contribution < 1.29 is 14.3 Å². The van der Waals surface area contributed by atoms with Gasteiger partial charge in [0, 0.05) is 11.3 Å². The number of rotatable bonds is 6. The summed E-state index contributed by atoms with van der Waals surface area (Å²) in [4.78, 5) is 24.3. The third kappa shape index (κ3) is 4.46. The summed E-state index contributed by atoms with van der Waals surface area (Å²) in [6.45, 7) is 1.61. The van der Waals surface area contributed by atoms with Gasteiger partial charge in [0.1, 0.15) is 5.75 Å². The van der Waals surface area contributed by atoms with Crippen LogP contribution in [0.15, 0.2) is 48.5 Å². The number of aryl methyl sites for hydroxylation is 1. The number of methoxy groups -OCH3 is 1. The fourth-order valence-corrected chi connectivity index (χ4v) is 2.42. The molecule has 0 unspecified atom stereocenters. The Morgan fingerprint density at radius 3 is 2.70 bits per heavy atom. The fourth-order valence-electron chi connectivity index (χ4n) is 2.42. The van der Waals surface area contributed by atoms with E-state index >= 15 is 0 Å². The van der Waals surface area contributed by atoms with Crippen LogP contribution in [0.25, 0.3) is 5.69 Å². The summed E-state index contributed by atoms with van der Waals surface area (Å²) in [6.07, 6.45) is 0. The van der Waals surface area contributed by atoms with Crippen molar-refractivity contribution >= 4 is 17.5 Å². The monoisotopic (exact) mass is 366 g/mol. The van der Waals surface area contributed by atoms with Gasteiger partial charge in [0.05, 0.1) is 19.3 Å².